The van der Waals surface area contributed by atoms with E-state index in [2.05, 4.69) is 25.4 Å². The van der Waals surface area contributed by atoms with Gasteiger partial charge in [-0.05, 0) is 129 Å². The molecule has 4 unspecified atom stereocenters. The van der Waals surface area contributed by atoms with Gasteiger partial charge < -0.3 is 41.9 Å². The maximum atomic E-state index is 14.3. The van der Waals surface area contributed by atoms with Crippen LogP contribution in [0, 0.1) is 14.3 Å². The number of halogens is 3. The van der Waals surface area contributed by atoms with E-state index in [4.69, 9.17) is 46.1 Å². The molecule has 7 atom stereocenters. The van der Waals surface area contributed by atoms with Gasteiger partial charge in [0.1, 0.15) is 40.7 Å². The van der Waals surface area contributed by atoms with Crippen molar-refractivity contribution in [2.45, 2.75) is 118 Å². The van der Waals surface area contributed by atoms with E-state index < -0.39 is 124 Å². The Bertz CT molecular complexity index is 3220. The number of imidazole rings is 1. The summed E-state index contributed by atoms with van der Waals surface area (Å²) in [6, 6.07) is 9.89. The fraction of sp³-hybridized carbons (Fsp3) is 0.532. The fourth-order valence-electron chi connectivity index (χ4n) is 9.49. The lowest BCUT2D eigenvalue weighted by Crippen LogP contribution is -2.38. The monoisotopic (exact) mass is 1090 g/mol. The van der Waals surface area contributed by atoms with Crippen molar-refractivity contribution in [3.8, 4) is 17.5 Å². The smallest absolute Gasteiger partial charge is 0.395 e. The van der Waals surface area contributed by atoms with E-state index in [0.29, 0.717) is 23.9 Å². The number of carboxylic acid groups (broad SMARTS) is 1. The SMILES string of the molecule is N=S(=O)(CCC(c1cc(OC(=O)[C@@H](N)CCS(=N)(=O)CCC2(c3ccc4nc(OC(=O)[C@@H](N)CCS(=N)(=O)CCC5(c6ccc7n[nH]nc7c6)CCC5)[nH]c4c3)CCC2)ccc1O)C(F)(F)F)CC[C@H](N)C(=O)O. The van der Waals surface area contributed by atoms with Crippen LogP contribution in [0.25, 0.3) is 22.1 Å². The van der Waals surface area contributed by atoms with E-state index in [1.165, 1.54) is 0 Å². The first-order valence-electron chi connectivity index (χ1n) is 24.0. The summed E-state index contributed by atoms with van der Waals surface area (Å²) < 4.78 is 118. The molecule has 2 aromatic heterocycles. The summed E-state index contributed by atoms with van der Waals surface area (Å²) in [6.07, 6.45) is -0.511. The Hall–Kier alpha value is -5.74. The maximum absolute atomic E-state index is 14.3. The number of benzene rings is 3. The van der Waals surface area contributed by atoms with Gasteiger partial charge in [-0.3, -0.25) is 19.1 Å². The van der Waals surface area contributed by atoms with Gasteiger partial charge in [-0.2, -0.15) is 33.6 Å². The standard InChI is InChI=1S/C47H62F3N11O10S3/c48-47(49,50)32(9-19-72(54,67)20-10-33(51)41(63)64)31-27-30(5-8-40(31)62)70-42(65)34(52)11-21-73(55,68)23-17-45(13-1-14-45)28-3-6-36-38(25-28)58-44(57-36)71-43(66)35(53)12-22-74(56,69)24-18-46(15-2-16-46)29-4-7-37-39(26-29)60-61-59-37/h3-8,25-27,32-35,54-56,62H,1-2,9-24,51-53H2,(H,57,58)(H,63,64)(H,59,60,61)/t32?,33-,34-,35-,72?,73?,74?/m0/s1. The Balaban J connectivity index is 0.884. The number of rotatable bonds is 26. The summed E-state index contributed by atoms with van der Waals surface area (Å²) in [6.45, 7) is 0. The van der Waals surface area contributed by atoms with Gasteiger partial charge >= 0.3 is 30.1 Å². The molecule has 404 valence electrons. The number of aromatic hydroxyl groups is 1. The number of hydrogen-bond donors (Lipinski definition) is 10. The Labute approximate surface area is 425 Å². The Morgan fingerprint density at radius 1 is 0.676 bits per heavy atom. The first-order valence-corrected chi connectivity index (χ1v) is 29.7. The van der Waals surface area contributed by atoms with E-state index in [0.717, 1.165) is 78.9 Å². The number of H-pyrrole nitrogens is 2. The van der Waals surface area contributed by atoms with Crippen molar-refractivity contribution >= 4 is 69.2 Å². The Morgan fingerprint density at radius 2 is 1.18 bits per heavy atom. The lowest BCUT2D eigenvalue weighted by molar-refractivity contribution is -0.151. The van der Waals surface area contributed by atoms with Crippen molar-refractivity contribution in [3.05, 3.63) is 71.3 Å². The van der Waals surface area contributed by atoms with Crippen LogP contribution in [0.4, 0.5) is 13.2 Å². The number of nitrogens with zero attached hydrogens (tertiary/aromatic N) is 3. The first kappa shape index (κ1) is 56.0. The summed E-state index contributed by atoms with van der Waals surface area (Å²) in [4.78, 5) is 44.4. The van der Waals surface area contributed by atoms with Crippen molar-refractivity contribution in [1.29, 1.82) is 14.3 Å². The highest BCUT2D eigenvalue weighted by atomic mass is 32.2. The third kappa shape index (κ3) is 13.7. The first-order chi connectivity index (χ1) is 34.7. The fourth-order valence-corrected chi connectivity index (χ4v) is 14.1. The van der Waals surface area contributed by atoms with Crippen LogP contribution < -0.4 is 26.7 Å². The van der Waals surface area contributed by atoms with Gasteiger partial charge in [0.05, 0.1) is 17.0 Å². The number of nitrogens with two attached hydrogens (primary N) is 3. The van der Waals surface area contributed by atoms with Gasteiger partial charge in [0.2, 0.25) is 0 Å². The third-order valence-corrected chi connectivity index (χ3v) is 19.9. The molecule has 13 N–H and O–H groups in total. The van der Waals surface area contributed by atoms with E-state index in [-0.39, 0.29) is 47.3 Å². The van der Waals surface area contributed by atoms with Gasteiger partial charge in [-0.15, -0.1) is 0 Å². The summed E-state index contributed by atoms with van der Waals surface area (Å²) in [5.74, 6) is -8.61. The minimum absolute atomic E-state index is 0.0300. The van der Waals surface area contributed by atoms with E-state index in [9.17, 15) is 45.3 Å². The minimum atomic E-state index is -5.00. The van der Waals surface area contributed by atoms with Gasteiger partial charge in [0.25, 0.3) is 0 Å². The Morgan fingerprint density at radius 3 is 1.72 bits per heavy atom. The van der Waals surface area contributed by atoms with Crippen LogP contribution in [0.5, 0.6) is 17.5 Å². The van der Waals surface area contributed by atoms with Crippen molar-refractivity contribution in [2.75, 3.05) is 34.5 Å². The molecular weight excluding hydrogens is 1030 g/mol. The van der Waals surface area contributed by atoms with Crippen molar-refractivity contribution in [2.24, 2.45) is 17.2 Å². The molecule has 0 saturated heterocycles. The third-order valence-electron chi connectivity index (χ3n) is 14.6. The molecule has 27 heteroatoms. The van der Waals surface area contributed by atoms with Crippen LogP contribution in [0.2, 0.25) is 0 Å². The topological polar surface area (TPSA) is 381 Å². The molecule has 2 aliphatic carbocycles. The molecule has 0 bridgehead atoms. The van der Waals surface area contributed by atoms with Gasteiger partial charge in [-0.1, -0.05) is 25.0 Å². The van der Waals surface area contributed by atoms with Crippen LogP contribution in [0.3, 0.4) is 0 Å². The number of phenolic OH excluding ortho intramolecular Hbond substituents is 1. The van der Waals surface area contributed by atoms with E-state index >= 15 is 0 Å². The summed E-state index contributed by atoms with van der Waals surface area (Å²) >= 11 is 0. The van der Waals surface area contributed by atoms with Crippen LogP contribution in [0.15, 0.2) is 54.6 Å². The van der Waals surface area contributed by atoms with E-state index in [1.807, 2.05) is 30.3 Å². The van der Waals surface area contributed by atoms with Gasteiger partial charge in [-0.25, -0.2) is 22.2 Å². The number of aromatic amines is 2. The number of nitrogens with one attached hydrogen (secondary N) is 5. The molecule has 0 amide bonds. The van der Waals surface area contributed by atoms with Crippen LogP contribution >= 0.6 is 0 Å². The van der Waals surface area contributed by atoms with Crippen molar-refractivity contribution < 1.29 is 59.9 Å². The summed E-state index contributed by atoms with van der Waals surface area (Å²) in [7, 11) is -10.1. The molecule has 21 nitrogen and oxygen atoms in total. The molecule has 0 radical (unpaired) electrons. The number of phenols is 1. The largest absolute Gasteiger partial charge is 0.508 e. The highest BCUT2D eigenvalue weighted by Gasteiger charge is 2.43. The van der Waals surface area contributed by atoms with E-state index in [1.54, 1.807) is 6.07 Å². The number of aliphatic carboxylic acids is 1. The van der Waals surface area contributed by atoms with Crippen LogP contribution in [-0.4, -0.2) is 125 Å². The van der Waals surface area contributed by atoms with Crippen molar-refractivity contribution in [3.63, 3.8) is 0 Å². The molecule has 2 heterocycles. The molecule has 2 aliphatic rings. The van der Waals surface area contributed by atoms with Crippen LogP contribution in [-0.2, 0) is 54.4 Å². The molecule has 0 spiro atoms. The highest BCUT2D eigenvalue weighted by molar-refractivity contribution is 7.92. The molecule has 5 aromatic rings. The van der Waals surface area contributed by atoms with Gasteiger partial charge in [0.15, 0.2) is 0 Å². The number of aromatic nitrogens is 5. The number of esters is 2. The average Bonchev–Trinajstić information content (AvgIpc) is 3.95. The Kier molecular flexibility index (Phi) is 16.8. The second-order valence-electron chi connectivity index (χ2n) is 19.7. The zero-order chi connectivity index (χ0) is 53.9. The average molecular weight is 1090 g/mol. The summed E-state index contributed by atoms with van der Waals surface area (Å²) in [5, 5.41) is 30.2. The maximum Gasteiger partial charge on any atom is 0.395 e. The van der Waals surface area contributed by atoms with Crippen LogP contribution in [0.1, 0.15) is 99.7 Å². The number of hydrogen-bond acceptors (Lipinski definition) is 18. The number of carbonyl (C=O) groups excluding carboxylic acids is 2. The highest BCUT2D eigenvalue weighted by Crippen LogP contribution is 2.49. The normalized spacial score (nSPS) is 19.4. The number of fused-ring (bicyclic) bond motifs is 2. The predicted molar refractivity (Wildman–Crippen MR) is 270 cm³/mol. The molecule has 0 aliphatic heterocycles. The predicted octanol–water partition coefficient (Wildman–Crippen LogP) is 5.79. The number of carboxylic acids is 1. The second-order valence-corrected chi connectivity index (χ2v) is 27.0. The second kappa shape index (κ2) is 22.2. The number of carbonyl (C=O) groups is 3. The number of ether oxygens (including phenoxy) is 2. The quantitative estimate of drug-likeness (QED) is 0.0231. The molecule has 2 saturated carbocycles. The summed E-state index contributed by atoms with van der Waals surface area (Å²) in [5.41, 5.74) is 20.8. The zero-order valence-corrected chi connectivity index (χ0v) is 42.8. The molecule has 3 aromatic carbocycles. The van der Waals surface area contributed by atoms with Gasteiger partial charge in [0, 0.05) is 69.3 Å². The molecule has 7 rings (SSSR count). The molecule has 74 heavy (non-hydrogen) atoms. The zero-order valence-electron chi connectivity index (χ0n) is 40.3. The number of alkyl halides is 3. The lowest BCUT2D eigenvalue weighted by atomic mass is 9.63. The molecular formula is C47H62F3N11O10S3. The minimum Gasteiger partial charge on any atom is -0.508 e. The molecule has 2 fully saturated rings. The lowest BCUT2D eigenvalue weighted by Gasteiger charge is -2.43. The van der Waals surface area contributed by atoms with Crippen molar-refractivity contribution in [1.82, 2.24) is 25.4 Å².